The zero-order chi connectivity index (χ0) is 12.2. The van der Waals surface area contributed by atoms with Gasteiger partial charge in [-0.1, -0.05) is 15.9 Å². The van der Waals surface area contributed by atoms with Crippen molar-refractivity contribution in [1.29, 1.82) is 0 Å². The van der Waals surface area contributed by atoms with Crippen LogP contribution in [-0.4, -0.2) is 19.5 Å². The summed E-state index contributed by atoms with van der Waals surface area (Å²) >= 11 is 3.19. The first-order valence-electron chi connectivity index (χ1n) is 4.71. The van der Waals surface area contributed by atoms with Crippen molar-refractivity contribution >= 4 is 25.8 Å². The second-order valence-corrected chi connectivity index (χ2v) is 6.19. The number of hydrogen-bond acceptors (Lipinski definition) is 2. The zero-order valence-electron chi connectivity index (χ0n) is 8.42. The van der Waals surface area contributed by atoms with E-state index in [-0.39, 0.29) is 10.6 Å². The van der Waals surface area contributed by atoms with Crippen LogP contribution in [0.4, 0.5) is 8.78 Å². The van der Waals surface area contributed by atoms with E-state index in [2.05, 4.69) is 15.9 Å². The summed E-state index contributed by atoms with van der Waals surface area (Å²) in [4.78, 5) is -0.166. The van der Waals surface area contributed by atoms with Crippen LogP contribution in [0.2, 0.25) is 0 Å². The minimum Gasteiger partial charge on any atom is -0.224 e. The molecular weight excluding hydrogens is 302 g/mol. The van der Waals surface area contributed by atoms with E-state index in [9.17, 15) is 17.2 Å². The molecule has 16 heavy (non-hydrogen) atoms. The molecule has 1 aromatic carbocycles. The first kappa shape index (κ1) is 13.6. The van der Waals surface area contributed by atoms with Crippen molar-refractivity contribution in [2.24, 2.45) is 0 Å². The molecule has 1 aromatic rings. The van der Waals surface area contributed by atoms with Gasteiger partial charge in [-0.2, -0.15) is 0 Å². The van der Waals surface area contributed by atoms with E-state index in [0.29, 0.717) is 6.42 Å². The van der Waals surface area contributed by atoms with Crippen LogP contribution in [0.1, 0.15) is 12.8 Å². The lowest BCUT2D eigenvalue weighted by Crippen LogP contribution is -2.07. The zero-order valence-corrected chi connectivity index (χ0v) is 10.8. The maximum Gasteiger partial charge on any atom is 0.178 e. The molecule has 0 radical (unpaired) electrons. The lowest BCUT2D eigenvalue weighted by atomic mass is 10.3. The predicted octanol–water partition coefficient (Wildman–Crippen LogP) is 2.91. The average molecular weight is 313 g/mol. The Morgan fingerprint density at radius 2 is 1.81 bits per heavy atom. The fraction of sp³-hybridized carbons (Fsp3) is 0.400. The Morgan fingerprint density at radius 3 is 2.38 bits per heavy atom. The number of benzene rings is 1. The molecular formula is C10H11BrF2O2S. The topological polar surface area (TPSA) is 34.1 Å². The molecule has 0 aliphatic heterocycles. The van der Waals surface area contributed by atoms with Crippen LogP contribution in [0.5, 0.6) is 0 Å². The molecule has 2 nitrogen and oxygen atoms in total. The number of halogens is 3. The second-order valence-electron chi connectivity index (χ2n) is 3.29. The van der Waals surface area contributed by atoms with Gasteiger partial charge in [0.25, 0.3) is 0 Å². The highest BCUT2D eigenvalue weighted by Crippen LogP contribution is 2.16. The minimum atomic E-state index is -3.50. The van der Waals surface area contributed by atoms with Crippen LogP contribution in [0.15, 0.2) is 23.1 Å². The van der Waals surface area contributed by atoms with Crippen molar-refractivity contribution in [3.63, 3.8) is 0 Å². The van der Waals surface area contributed by atoms with E-state index in [0.717, 1.165) is 30.0 Å². The molecule has 0 unspecified atom stereocenters. The Morgan fingerprint density at radius 1 is 1.12 bits per heavy atom. The molecule has 0 aliphatic carbocycles. The van der Waals surface area contributed by atoms with Gasteiger partial charge in [-0.25, -0.2) is 17.2 Å². The molecule has 0 aromatic heterocycles. The van der Waals surface area contributed by atoms with Gasteiger partial charge < -0.3 is 0 Å². The average Bonchev–Trinajstić information content (AvgIpc) is 2.22. The summed E-state index contributed by atoms with van der Waals surface area (Å²) in [6, 6.07) is 2.63. The summed E-state index contributed by atoms with van der Waals surface area (Å²) in [6.45, 7) is 0. The van der Waals surface area contributed by atoms with Crippen molar-refractivity contribution in [3.8, 4) is 0 Å². The Bertz CT molecular complexity index is 460. The van der Waals surface area contributed by atoms with Crippen LogP contribution >= 0.6 is 15.9 Å². The number of rotatable bonds is 5. The van der Waals surface area contributed by atoms with E-state index in [1.54, 1.807) is 0 Å². The lowest BCUT2D eigenvalue weighted by Gasteiger charge is -2.04. The molecule has 0 N–H and O–H groups in total. The molecule has 0 bridgehead atoms. The van der Waals surface area contributed by atoms with E-state index in [1.165, 1.54) is 0 Å². The molecule has 0 atom stereocenters. The third kappa shape index (κ3) is 3.52. The monoisotopic (exact) mass is 312 g/mol. The molecule has 0 amide bonds. The summed E-state index contributed by atoms with van der Waals surface area (Å²) in [5.74, 6) is -2.23. The number of sulfone groups is 1. The standard InChI is InChI=1S/C10H11BrF2O2S/c11-5-1-2-6-16(14,15)8-3-4-9(12)10(13)7-8/h3-4,7H,1-2,5-6H2. The van der Waals surface area contributed by atoms with Gasteiger partial charge in [0.05, 0.1) is 10.6 Å². The van der Waals surface area contributed by atoms with E-state index in [4.69, 9.17) is 0 Å². The van der Waals surface area contributed by atoms with Crippen LogP contribution in [0, 0.1) is 11.6 Å². The normalized spacial score (nSPS) is 11.7. The summed E-state index contributed by atoms with van der Waals surface area (Å²) in [6.07, 6.45) is 1.22. The van der Waals surface area contributed by atoms with Crippen LogP contribution < -0.4 is 0 Å². The van der Waals surface area contributed by atoms with Gasteiger partial charge in [-0.15, -0.1) is 0 Å². The lowest BCUT2D eigenvalue weighted by molar-refractivity contribution is 0.504. The van der Waals surface area contributed by atoms with Crippen LogP contribution in [0.25, 0.3) is 0 Å². The van der Waals surface area contributed by atoms with Crippen molar-refractivity contribution < 1.29 is 17.2 Å². The van der Waals surface area contributed by atoms with Gasteiger partial charge in [0.15, 0.2) is 21.5 Å². The molecule has 0 fully saturated rings. The summed E-state index contributed by atoms with van der Waals surface area (Å²) in [5, 5.41) is 0.723. The highest BCUT2D eigenvalue weighted by atomic mass is 79.9. The largest absolute Gasteiger partial charge is 0.224 e. The summed E-state index contributed by atoms with van der Waals surface area (Å²) in [7, 11) is -3.50. The quantitative estimate of drug-likeness (QED) is 0.476. The number of hydrogen-bond donors (Lipinski definition) is 0. The summed E-state index contributed by atoms with van der Waals surface area (Å²) in [5.41, 5.74) is 0. The Kier molecular flexibility index (Phi) is 4.86. The molecule has 90 valence electrons. The van der Waals surface area contributed by atoms with E-state index < -0.39 is 21.5 Å². The van der Waals surface area contributed by atoms with Crippen molar-refractivity contribution in [2.75, 3.05) is 11.1 Å². The van der Waals surface area contributed by atoms with Gasteiger partial charge in [0, 0.05) is 5.33 Å². The fourth-order valence-electron chi connectivity index (χ4n) is 1.17. The van der Waals surface area contributed by atoms with Crippen LogP contribution in [-0.2, 0) is 9.84 Å². The van der Waals surface area contributed by atoms with Gasteiger partial charge in [0.1, 0.15) is 0 Å². The third-order valence-electron chi connectivity index (χ3n) is 2.05. The van der Waals surface area contributed by atoms with Crippen molar-refractivity contribution in [1.82, 2.24) is 0 Å². The molecule has 6 heteroatoms. The Labute approximate surface area is 102 Å². The fourth-order valence-corrected chi connectivity index (χ4v) is 2.95. The van der Waals surface area contributed by atoms with E-state index >= 15 is 0 Å². The Hall–Kier alpha value is -0.490. The molecule has 0 heterocycles. The van der Waals surface area contributed by atoms with Crippen molar-refractivity contribution in [3.05, 3.63) is 29.8 Å². The summed E-state index contributed by atoms with van der Waals surface area (Å²) < 4.78 is 48.8. The molecule has 0 saturated heterocycles. The predicted molar refractivity (Wildman–Crippen MR) is 61.4 cm³/mol. The van der Waals surface area contributed by atoms with Gasteiger partial charge in [0.2, 0.25) is 0 Å². The molecule has 1 rings (SSSR count). The highest BCUT2D eigenvalue weighted by molar-refractivity contribution is 9.09. The molecule has 0 saturated carbocycles. The first-order chi connectivity index (χ1) is 7.47. The Balaban J connectivity index is 2.86. The second kappa shape index (κ2) is 5.72. The first-order valence-corrected chi connectivity index (χ1v) is 7.48. The molecule has 0 aliphatic rings. The number of alkyl halides is 1. The van der Waals surface area contributed by atoms with E-state index in [1.807, 2.05) is 0 Å². The SMILES string of the molecule is O=S(=O)(CCCCBr)c1ccc(F)c(F)c1. The minimum absolute atomic E-state index is 0.0519. The third-order valence-corrected chi connectivity index (χ3v) is 4.41. The van der Waals surface area contributed by atoms with Gasteiger partial charge in [-0.05, 0) is 31.0 Å². The van der Waals surface area contributed by atoms with Gasteiger partial charge >= 0.3 is 0 Å². The molecule has 0 spiro atoms. The smallest absolute Gasteiger partial charge is 0.178 e. The highest BCUT2D eigenvalue weighted by Gasteiger charge is 2.15. The maximum atomic E-state index is 12.9. The van der Waals surface area contributed by atoms with Crippen molar-refractivity contribution in [2.45, 2.75) is 17.7 Å². The maximum absolute atomic E-state index is 12.9. The van der Waals surface area contributed by atoms with Crippen LogP contribution in [0.3, 0.4) is 0 Å². The van der Waals surface area contributed by atoms with Gasteiger partial charge in [-0.3, -0.25) is 0 Å². The number of unbranched alkanes of at least 4 members (excludes halogenated alkanes) is 1.